The van der Waals surface area contributed by atoms with Crippen molar-refractivity contribution in [2.75, 3.05) is 5.73 Å². The normalized spacial score (nSPS) is 11.1. The molecule has 6 nitrogen and oxygen atoms in total. The highest BCUT2D eigenvalue weighted by Crippen LogP contribution is 2.25. The lowest BCUT2D eigenvalue weighted by Gasteiger charge is -2.10. The number of hydrogen-bond acceptors (Lipinski definition) is 5. The summed E-state index contributed by atoms with van der Waals surface area (Å²) in [5.41, 5.74) is 9.86. The van der Waals surface area contributed by atoms with Gasteiger partial charge < -0.3 is 5.73 Å². The van der Waals surface area contributed by atoms with E-state index in [1.54, 1.807) is 11.0 Å². The van der Waals surface area contributed by atoms with Crippen molar-refractivity contribution in [3.05, 3.63) is 35.7 Å². The SMILES string of the molecule is CCc1cc2ccc(-n3cnnn3)c(C)c2nc1N. The molecule has 0 atom stereocenters. The number of tetrazole rings is 1. The lowest BCUT2D eigenvalue weighted by Crippen LogP contribution is -2.02. The van der Waals surface area contributed by atoms with Gasteiger partial charge in [-0.15, -0.1) is 5.10 Å². The van der Waals surface area contributed by atoms with Crippen molar-refractivity contribution in [1.29, 1.82) is 0 Å². The summed E-state index contributed by atoms with van der Waals surface area (Å²) in [4.78, 5) is 4.51. The molecule has 96 valence electrons. The summed E-state index contributed by atoms with van der Waals surface area (Å²) >= 11 is 0. The van der Waals surface area contributed by atoms with Gasteiger partial charge in [0.25, 0.3) is 0 Å². The van der Waals surface area contributed by atoms with Crippen molar-refractivity contribution in [3.8, 4) is 5.69 Å². The van der Waals surface area contributed by atoms with E-state index in [0.29, 0.717) is 5.82 Å². The summed E-state index contributed by atoms with van der Waals surface area (Å²) in [5.74, 6) is 0.590. The Kier molecular flexibility index (Phi) is 2.63. The maximum atomic E-state index is 5.98. The van der Waals surface area contributed by atoms with Crippen molar-refractivity contribution < 1.29 is 0 Å². The van der Waals surface area contributed by atoms with Gasteiger partial charge in [0.1, 0.15) is 12.1 Å². The highest BCUT2D eigenvalue weighted by Gasteiger charge is 2.10. The van der Waals surface area contributed by atoms with Crippen molar-refractivity contribution in [1.82, 2.24) is 25.2 Å². The van der Waals surface area contributed by atoms with Crippen LogP contribution in [0.15, 0.2) is 24.5 Å². The molecule has 0 fully saturated rings. The first-order valence-electron chi connectivity index (χ1n) is 6.12. The molecule has 2 heterocycles. The molecule has 0 radical (unpaired) electrons. The minimum absolute atomic E-state index is 0.590. The number of benzene rings is 1. The third-order valence-corrected chi connectivity index (χ3v) is 3.30. The van der Waals surface area contributed by atoms with Gasteiger partial charge in [0, 0.05) is 10.9 Å². The topological polar surface area (TPSA) is 82.5 Å². The Bertz CT molecular complexity index is 732. The minimum atomic E-state index is 0.590. The van der Waals surface area contributed by atoms with E-state index in [4.69, 9.17) is 5.73 Å². The van der Waals surface area contributed by atoms with Crippen LogP contribution in [0.2, 0.25) is 0 Å². The second-order valence-electron chi connectivity index (χ2n) is 4.42. The van der Waals surface area contributed by atoms with E-state index in [2.05, 4.69) is 33.5 Å². The van der Waals surface area contributed by atoms with E-state index < -0.39 is 0 Å². The Morgan fingerprint density at radius 2 is 2.16 bits per heavy atom. The molecule has 0 unspecified atom stereocenters. The number of nitrogens with zero attached hydrogens (tertiary/aromatic N) is 5. The van der Waals surface area contributed by atoms with Crippen LogP contribution in [0.3, 0.4) is 0 Å². The van der Waals surface area contributed by atoms with Crippen LogP contribution in [0.1, 0.15) is 18.1 Å². The maximum Gasteiger partial charge on any atom is 0.143 e. The average Bonchev–Trinajstić information content (AvgIpc) is 2.93. The molecule has 0 amide bonds. The summed E-state index contributed by atoms with van der Waals surface area (Å²) in [7, 11) is 0. The lowest BCUT2D eigenvalue weighted by molar-refractivity contribution is 0.786. The highest BCUT2D eigenvalue weighted by molar-refractivity contribution is 5.86. The van der Waals surface area contributed by atoms with Gasteiger partial charge in [-0.05, 0) is 41.5 Å². The summed E-state index contributed by atoms with van der Waals surface area (Å²) < 4.78 is 1.63. The molecule has 0 spiro atoms. The number of nitrogen functional groups attached to an aromatic ring is 1. The highest BCUT2D eigenvalue weighted by atomic mass is 15.5. The third kappa shape index (κ3) is 1.81. The average molecular weight is 254 g/mol. The van der Waals surface area contributed by atoms with Crippen LogP contribution < -0.4 is 5.73 Å². The van der Waals surface area contributed by atoms with E-state index in [1.807, 2.05) is 19.1 Å². The summed E-state index contributed by atoms with van der Waals surface area (Å²) in [6.45, 7) is 4.07. The number of fused-ring (bicyclic) bond motifs is 1. The van der Waals surface area contributed by atoms with Gasteiger partial charge in [0.15, 0.2) is 0 Å². The van der Waals surface area contributed by atoms with Crippen LogP contribution in [0.4, 0.5) is 5.82 Å². The molecular formula is C13H14N6. The Balaban J connectivity index is 2.28. The van der Waals surface area contributed by atoms with Crippen LogP contribution >= 0.6 is 0 Å². The first kappa shape index (κ1) is 11.6. The smallest absolute Gasteiger partial charge is 0.143 e. The van der Waals surface area contributed by atoms with Crippen molar-refractivity contribution in [2.45, 2.75) is 20.3 Å². The van der Waals surface area contributed by atoms with Crippen LogP contribution in [0.5, 0.6) is 0 Å². The first-order valence-corrected chi connectivity index (χ1v) is 6.12. The van der Waals surface area contributed by atoms with Gasteiger partial charge in [0.2, 0.25) is 0 Å². The van der Waals surface area contributed by atoms with Crippen LogP contribution in [-0.2, 0) is 6.42 Å². The predicted molar refractivity (Wildman–Crippen MR) is 73.0 cm³/mol. The zero-order valence-corrected chi connectivity index (χ0v) is 10.8. The summed E-state index contributed by atoms with van der Waals surface area (Å²) in [5, 5.41) is 12.3. The second kappa shape index (κ2) is 4.31. The molecule has 0 saturated carbocycles. The molecule has 19 heavy (non-hydrogen) atoms. The van der Waals surface area contributed by atoms with E-state index in [0.717, 1.165) is 34.1 Å². The standard InChI is InChI=1S/C13H14N6/c1-3-9-6-10-4-5-11(19-7-15-17-18-19)8(2)12(10)16-13(9)14/h4-7H,3H2,1-2H3,(H2,14,16). The molecule has 0 bridgehead atoms. The molecule has 2 aromatic heterocycles. The number of nitrogens with two attached hydrogens (primary N) is 1. The van der Waals surface area contributed by atoms with Crippen LogP contribution in [-0.4, -0.2) is 25.2 Å². The maximum absolute atomic E-state index is 5.98. The molecule has 1 aromatic carbocycles. The van der Waals surface area contributed by atoms with Gasteiger partial charge in [-0.3, -0.25) is 0 Å². The van der Waals surface area contributed by atoms with Crippen LogP contribution in [0, 0.1) is 6.92 Å². The van der Waals surface area contributed by atoms with Gasteiger partial charge in [0.05, 0.1) is 11.2 Å². The fourth-order valence-corrected chi connectivity index (χ4v) is 2.23. The van der Waals surface area contributed by atoms with E-state index in [-0.39, 0.29) is 0 Å². The fraction of sp³-hybridized carbons (Fsp3) is 0.231. The molecule has 3 rings (SSSR count). The van der Waals surface area contributed by atoms with Gasteiger partial charge in [-0.1, -0.05) is 13.0 Å². The van der Waals surface area contributed by atoms with Crippen molar-refractivity contribution in [2.24, 2.45) is 0 Å². The first-order chi connectivity index (χ1) is 9.20. The quantitative estimate of drug-likeness (QED) is 0.752. The van der Waals surface area contributed by atoms with Crippen molar-refractivity contribution in [3.63, 3.8) is 0 Å². The number of hydrogen-bond donors (Lipinski definition) is 1. The van der Waals surface area contributed by atoms with E-state index >= 15 is 0 Å². The number of anilines is 1. The molecular weight excluding hydrogens is 240 g/mol. The lowest BCUT2D eigenvalue weighted by atomic mass is 10.1. The molecule has 0 aliphatic carbocycles. The molecule has 3 aromatic rings. The number of aryl methyl sites for hydroxylation is 2. The fourth-order valence-electron chi connectivity index (χ4n) is 2.23. The zero-order valence-electron chi connectivity index (χ0n) is 10.8. The van der Waals surface area contributed by atoms with Crippen molar-refractivity contribution >= 4 is 16.7 Å². The van der Waals surface area contributed by atoms with Gasteiger partial charge in [-0.25, -0.2) is 9.67 Å². The summed E-state index contributed by atoms with van der Waals surface area (Å²) in [6, 6.07) is 6.10. The zero-order chi connectivity index (χ0) is 13.4. The molecule has 0 saturated heterocycles. The van der Waals surface area contributed by atoms with E-state index in [1.165, 1.54) is 0 Å². The largest absolute Gasteiger partial charge is 0.383 e. The van der Waals surface area contributed by atoms with Gasteiger partial charge in [-0.2, -0.15) is 0 Å². The Labute approximate surface area is 110 Å². The summed E-state index contributed by atoms with van der Waals surface area (Å²) in [6.07, 6.45) is 2.44. The Morgan fingerprint density at radius 1 is 1.32 bits per heavy atom. The Hall–Kier alpha value is -2.50. The Morgan fingerprint density at radius 3 is 2.84 bits per heavy atom. The molecule has 0 aliphatic heterocycles. The number of pyridine rings is 1. The molecule has 6 heteroatoms. The predicted octanol–water partition coefficient (Wildman–Crippen LogP) is 1.66. The van der Waals surface area contributed by atoms with E-state index in [9.17, 15) is 0 Å². The third-order valence-electron chi connectivity index (χ3n) is 3.30. The monoisotopic (exact) mass is 254 g/mol. The van der Waals surface area contributed by atoms with Crippen LogP contribution in [0.25, 0.3) is 16.6 Å². The second-order valence-corrected chi connectivity index (χ2v) is 4.42. The van der Waals surface area contributed by atoms with Gasteiger partial charge >= 0.3 is 0 Å². The molecule has 2 N–H and O–H groups in total. The molecule has 0 aliphatic rings. The number of aromatic nitrogens is 5. The number of rotatable bonds is 2. The minimum Gasteiger partial charge on any atom is -0.383 e.